The molecule has 3 aromatic heterocycles. The van der Waals surface area contributed by atoms with Gasteiger partial charge in [0.1, 0.15) is 35.9 Å². The van der Waals surface area contributed by atoms with E-state index < -0.39 is 12.0 Å². The van der Waals surface area contributed by atoms with Crippen LogP contribution in [0.1, 0.15) is 55.7 Å². The van der Waals surface area contributed by atoms with Crippen molar-refractivity contribution in [2.75, 3.05) is 18.1 Å². The van der Waals surface area contributed by atoms with Crippen LogP contribution in [0.4, 0.5) is 5.82 Å². The molecule has 0 saturated carbocycles. The van der Waals surface area contributed by atoms with Crippen molar-refractivity contribution in [1.82, 2.24) is 30.2 Å². The molecule has 1 unspecified atom stereocenters. The maximum absolute atomic E-state index is 11.4. The van der Waals surface area contributed by atoms with Gasteiger partial charge in [-0.3, -0.25) is 10.1 Å². The first-order chi connectivity index (χ1) is 19.1. The van der Waals surface area contributed by atoms with Gasteiger partial charge in [-0.1, -0.05) is 19.9 Å². The number of imidazole rings is 1. The third-order valence-electron chi connectivity index (χ3n) is 7.88. The number of nitrogens with zero attached hydrogens (tertiary/aromatic N) is 5. The molecule has 0 spiro atoms. The van der Waals surface area contributed by atoms with E-state index in [1.165, 1.54) is 5.56 Å². The predicted octanol–water partition coefficient (Wildman–Crippen LogP) is 4.20. The van der Waals surface area contributed by atoms with Crippen LogP contribution in [0, 0.1) is 12.3 Å². The Bertz CT molecular complexity index is 1600. The minimum atomic E-state index is -0.894. The van der Waals surface area contributed by atoms with Crippen LogP contribution in [0.15, 0.2) is 30.5 Å². The lowest BCUT2D eigenvalue weighted by molar-refractivity contribution is -0.139. The minimum absolute atomic E-state index is 0.160. The highest BCUT2D eigenvalue weighted by atomic mass is 16.5. The van der Waals surface area contributed by atoms with Crippen molar-refractivity contribution in [2.45, 2.75) is 66.1 Å². The third kappa shape index (κ3) is 5.23. The number of rotatable bonds is 6. The number of hydrogen-bond donors (Lipinski definition) is 3. The molecule has 1 aromatic carbocycles. The monoisotopic (exact) mass is 541 g/mol. The molecule has 0 radical (unpaired) electrons. The Hall–Kier alpha value is -4.05. The molecular formula is C30H35N7O3. The number of benzene rings is 1. The first kappa shape index (κ1) is 26.2. The van der Waals surface area contributed by atoms with Crippen LogP contribution in [0.5, 0.6) is 5.75 Å². The Morgan fingerprint density at radius 3 is 2.90 bits per heavy atom. The van der Waals surface area contributed by atoms with Crippen molar-refractivity contribution in [3.8, 4) is 16.9 Å². The zero-order valence-corrected chi connectivity index (χ0v) is 23.4. The smallest absolute Gasteiger partial charge is 0.320 e. The summed E-state index contributed by atoms with van der Waals surface area (Å²) in [6.45, 7) is 10.3. The average molecular weight is 542 g/mol. The summed E-state index contributed by atoms with van der Waals surface area (Å²) in [5.41, 5.74) is 7.19. The van der Waals surface area contributed by atoms with Gasteiger partial charge in [0.2, 0.25) is 0 Å². The van der Waals surface area contributed by atoms with Gasteiger partial charge in [-0.2, -0.15) is 0 Å². The summed E-state index contributed by atoms with van der Waals surface area (Å²) in [5.74, 6) is 2.37. The van der Waals surface area contributed by atoms with Gasteiger partial charge in [-0.05, 0) is 62.3 Å². The molecule has 3 N–H and O–H groups in total. The van der Waals surface area contributed by atoms with Gasteiger partial charge in [0.25, 0.3) is 0 Å². The number of ether oxygens (including phenoxy) is 1. The van der Waals surface area contributed by atoms with Gasteiger partial charge < -0.3 is 19.7 Å². The standard InChI is InChI=1S/C30H35N7O3/c1-17(29(38)39)31-15-26-35-23-7-8-30(3,4)13-22(23)28(36-26)37-9-10-40-25-6-5-19(11-21(25)16-37)20-12-24-27(32-14-20)34-18(2)33-24/h5-6,11-12,14,17,31H,7-10,13,15-16H2,1-4H3,(H,38,39)(H,32,33,34). The van der Waals surface area contributed by atoms with Crippen LogP contribution in [-0.2, 0) is 30.7 Å². The molecule has 0 bridgehead atoms. The molecule has 1 aliphatic heterocycles. The van der Waals surface area contributed by atoms with Crippen LogP contribution in [0.3, 0.4) is 0 Å². The highest BCUT2D eigenvalue weighted by Crippen LogP contribution is 2.39. The molecule has 0 saturated heterocycles. The molecule has 0 amide bonds. The van der Waals surface area contributed by atoms with Crippen LogP contribution < -0.4 is 15.0 Å². The molecule has 6 rings (SSSR count). The number of carbonyl (C=O) groups is 1. The summed E-state index contributed by atoms with van der Waals surface area (Å²) >= 11 is 0. The van der Waals surface area contributed by atoms with E-state index in [2.05, 4.69) is 57.2 Å². The number of aromatic amines is 1. The van der Waals surface area contributed by atoms with Gasteiger partial charge in [0, 0.05) is 35.1 Å². The first-order valence-corrected chi connectivity index (χ1v) is 13.8. The van der Waals surface area contributed by atoms with E-state index in [0.29, 0.717) is 37.7 Å². The number of pyridine rings is 1. The summed E-state index contributed by atoms with van der Waals surface area (Å²) in [6, 6.07) is 7.69. The maximum Gasteiger partial charge on any atom is 0.320 e. The van der Waals surface area contributed by atoms with Crippen LogP contribution >= 0.6 is 0 Å². The lowest BCUT2D eigenvalue weighted by Crippen LogP contribution is -2.35. The second-order valence-corrected chi connectivity index (χ2v) is 11.7. The molecule has 1 aliphatic carbocycles. The summed E-state index contributed by atoms with van der Waals surface area (Å²) < 4.78 is 6.19. The number of aliphatic carboxylic acids is 1. The van der Waals surface area contributed by atoms with Crippen molar-refractivity contribution in [3.63, 3.8) is 0 Å². The highest BCUT2D eigenvalue weighted by Gasteiger charge is 2.32. The Kier molecular flexibility index (Phi) is 6.66. The van der Waals surface area contributed by atoms with E-state index >= 15 is 0 Å². The molecule has 4 heterocycles. The van der Waals surface area contributed by atoms with Crippen molar-refractivity contribution in [3.05, 3.63) is 58.9 Å². The fourth-order valence-electron chi connectivity index (χ4n) is 5.58. The Labute approximate surface area is 233 Å². The molecule has 208 valence electrons. The number of fused-ring (bicyclic) bond motifs is 3. The van der Waals surface area contributed by atoms with Gasteiger partial charge in [0.15, 0.2) is 5.65 Å². The summed E-state index contributed by atoms with van der Waals surface area (Å²) in [5, 5.41) is 12.4. The van der Waals surface area contributed by atoms with Gasteiger partial charge in [0.05, 0.1) is 18.6 Å². The molecule has 0 fully saturated rings. The zero-order valence-electron chi connectivity index (χ0n) is 23.4. The van der Waals surface area contributed by atoms with Crippen LogP contribution in [-0.4, -0.2) is 55.2 Å². The molecule has 10 heteroatoms. The number of anilines is 1. The molecule has 2 aliphatic rings. The van der Waals surface area contributed by atoms with Crippen molar-refractivity contribution < 1.29 is 14.6 Å². The molecule has 1 atom stereocenters. The summed E-state index contributed by atoms with van der Waals surface area (Å²) in [4.78, 5) is 35.8. The lowest BCUT2D eigenvalue weighted by Gasteiger charge is -2.34. The predicted molar refractivity (Wildman–Crippen MR) is 152 cm³/mol. The second kappa shape index (κ2) is 10.2. The molecule has 4 aromatic rings. The second-order valence-electron chi connectivity index (χ2n) is 11.7. The van der Waals surface area contributed by atoms with E-state index in [-0.39, 0.29) is 5.41 Å². The Morgan fingerprint density at radius 2 is 2.08 bits per heavy atom. The molecule has 10 nitrogen and oxygen atoms in total. The number of aromatic nitrogens is 5. The molecular weight excluding hydrogens is 506 g/mol. The topological polar surface area (TPSA) is 129 Å². The van der Waals surface area contributed by atoms with Crippen molar-refractivity contribution in [2.24, 2.45) is 5.41 Å². The van der Waals surface area contributed by atoms with Crippen molar-refractivity contribution in [1.29, 1.82) is 0 Å². The number of carboxylic acid groups (broad SMARTS) is 1. The SMILES string of the molecule is Cc1nc2ncc(-c3ccc4c(c3)CN(c3nc(CNC(C)C(=O)O)nc5c3CC(C)(C)CC5)CCO4)cc2[nH]1. The van der Waals surface area contributed by atoms with E-state index in [1.807, 2.05) is 19.2 Å². The number of nitrogens with one attached hydrogen (secondary N) is 2. The van der Waals surface area contributed by atoms with Gasteiger partial charge in [-0.25, -0.2) is 19.9 Å². The third-order valence-corrected chi connectivity index (χ3v) is 7.88. The van der Waals surface area contributed by atoms with E-state index in [0.717, 1.165) is 64.6 Å². The number of aryl methyl sites for hydroxylation is 2. The quantitative estimate of drug-likeness (QED) is 0.329. The van der Waals surface area contributed by atoms with Crippen LogP contribution in [0.25, 0.3) is 22.3 Å². The first-order valence-electron chi connectivity index (χ1n) is 13.8. The highest BCUT2D eigenvalue weighted by molar-refractivity contribution is 5.78. The van der Waals surface area contributed by atoms with Gasteiger partial charge >= 0.3 is 5.97 Å². The fourth-order valence-corrected chi connectivity index (χ4v) is 5.58. The van der Waals surface area contributed by atoms with Crippen molar-refractivity contribution >= 4 is 23.0 Å². The number of carboxylic acids is 1. The summed E-state index contributed by atoms with van der Waals surface area (Å²) in [6.07, 6.45) is 4.70. The summed E-state index contributed by atoms with van der Waals surface area (Å²) in [7, 11) is 0. The number of H-pyrrole nitrogens is 1. The normalized spacial score (nSPS) is 17.1. The Balaban J connectivity index is 1.35. The lowest BCUT2D eigenvalue weighted by atomic mass is 9.76. The van der Waals surface area contributed by atoms with Gasteiger partial charge in [-0.15, -0.1) is 0 Å². The minimum Gasteiger partial charge on any atom is -0.491 e. The molecule has 40 heavy (non-hydrogen) atoms. The fraction of sp³-hybridized carbons (Fsp3) is 0.433. The Morgan fingerprint density at radius 1 is 1.23 bits per heavy atom. The largest absolute Gasteiger partial charge is 0.491 e. The maximum atomic E-state index is 11.4. The zero-order chi connectivity index (χ0) is 28.0. The van der Waals surface area contributed by atoms with E-state index in [1.54, 1.807) is 6.92 Å². The average Bonchev–Trinajstić information content (AvgIpc) is 3.16. The van der Waals surface area contributed by atoms with Crippen LogP contribution in [0.2, 0.25) is 0 Å². The van der Waals surface area contributed by atoms with E-state index in [9.17, 15) is 9.90 Å². The number of hydrogen-bond acceptors (Lipinski definition) is 8. The van der Waals surface area contributed by atoms with E-state index in [4.69, 9.17) is 14.7 Å².